The summed E-state index contributed by atoms with van der Waals surface area (Å²) in [6, 6.07) is 5.30. The number of carbonyl (C=O) groups excluding carboxylic acids is 1. The van der Waals surface area contributed by atoms with Gasteiger partial charge in [0.1, 0.15) is 6.61 Å². The molecule has 7 aliphatic rings. The van der Waals surface area contributed by atoms with E-state index in [0.717, 1.165) is 69.0 Å². The molecule has 3 aromatic rings. The van der Waals surface area contributed by atoms with Crippen molar-refractivity contribution in [1.82, 2.24) is 15.1 Å². The minimum atomic E-state index is -1.17. The molecule has 0 saturated carbocycles. The molecule has 0 aromatic heterocycles. The van der Waals surface area contributed by atoms with Crippen molar-refractivity contribution in [2.75, 3.05) is 53.5 Å². The van der Waals surface area contributed by atoms with Crippen LogP contribution in [-0.4, -0.2) is 91.6 Å². The van der Waals surface area contributed by atoms with Gasteiger partial charge in [-0.25, -0.2) is 4.79 Å². The smallest absolute Gasteiger partial charge is 0.331 e. The van der Waals surface area contributed by atoms with Crippen LogP contribution in [0.2, 0.25) is 0 Å². The van der Waals surface area contributed by atoms with Crippen LogP contribution < -0.4 is 24.3 Å². The van der Waals surface area contributed by atoms with Crippen molar-refractivity contribution in [3.63, 3.8) is 0 Å². The molecule has 7 heterocycles. The zero-order chi connectivity index (χ0) is 34.8. The first kappa shape index (κ1) is 32.1. The number of benzene rings is 3. The zero-order valence-electron chi connectivity index (χ0n) is 29.2. The third kappa shape index (κ3) is 4.19. The number of carbonyl (C=O) groups is 1. The van der Waals surface area contributed by atoms with Crippen LogP contribution in [0, 0.1) is 20.8 Å². The van der Waals surface area contributed by atoms with Gasteiger partial charge in [0.05, 0.1) is 26.3 Å². The van der Waals surface area contributed by atoms with Crippen molar-refractivity contribution in [3.8, 4) is 34.5 Å². The Balaban J connectivity index is 1.28. The molecule has 0 aliphatic carbocycles. The highest BCUT2D eigenvalue weighted by atomic mass is 32.2. The summed E-state index contributed by atoms with van der Waals surface area (Å²) in [7, 11) is 5.31. The Morgan fingerprint density at radius 3 is 2.56 bits per heavy atom. The van der Waals surface area contributed by atoms with Crippen molar-refractivity contribution < 1.29 is 38.7 Å². The van der Waals surface area contributed by atoms with Crippen LogP contribution in [0.5, 0.6) is 34.5 Å². The number of thioether (sulfide) groups is 1. The number of nitrogens with one attached hydrogen (secondary N) is 1. The molecule has 10 rings (SSSR count). The first-order valence-corrected chi connectivity index (χ1v) is 18.4. The summed E-state index contributed by atoms with van der Waals surface area (Å²) in [5.74, 6) is 2.61. The lowest BCUT2D eigenvalue weighted by atomic mass is 9.73. The summed E-state index contributed by atoms with van der Waals surface area (Å²) >= 11 is 1.74. The van der Waals surface area contributed by atoms with E-state index < -0.39 is 5.54 Å². The van der Waals surface area contributed by atoms with Crippen LogP contribution in [0.1, 0.15) is 67.4 Å². The summed E-state index contributed by atoms with van der Waals surface area (Å²) in [6.45, 7) is 7.82. The predicted octanol–water partition coefficient (Wildman–Crippen LogP) is 4.48. The second kappa shape index (κ2) is 11.3. The Hall–Kier alpha value is -3.84. The van der Waals surface area contributed by atoms with E-state index in [9.17, 15) is 15.0 Å². The molecule has 1 spiro atoms. The van der Waals surface area contributed by atoms with Crippen molar-refractivity contribution in [1.29, 1.82) is 0 Å². The second-order valence-electron chi connectivity index (χ2n) is 14.6. The number of piperazine rings is 1. The first-order chi connectivity index (χ1) is 24.1. The summed E-state index contributed by atoms with van der Waals surface area (Å²) in [5, 5.41) is 26.1. The van der Waals surface area contributed by atoms with E-state index in [-0.39, 0.29) is 60.3 Å². The third-order valence-corrected chi connectivity index (χ3v) is 13.8. The van der Waals surface area contributed by atoms with E-state index >= 15 is 0 Å². The normalized spacial score (nSPS) is 29.5. The van der Waals surface area contributed by atoms with Gasteiger partial charge in [-0.3, -0.25) is 15.1 Å². The van der Waals surface area contributed by atoms with Crippen molar-refractivity contribution >= 4 is 17.7 Å². The third-order valence-electron chi connectivity index (χ3n) is 12.3. The fourth-order valence-electron chi connectivity index (χ4n) is 9.87. The highest BCUT2D eigenvalue weighted by Gasteiger charge is 2.58. The molecule has 2 fully saturated rings. The van der Waals surface area contributed by atoms with Crippen molar-refractivity contribution in [2.45, 2.75) is 68.6 Å². The van der Waals surface area contributed by atoms with E-state index in [1.54, 1.807) is 31.0 Å². The Labute approximate surface area is 295 Å². The van der Waals surface area contributed by atoms with Crippen LogP contribution in [0.3, 0.4) is 0 Å². The Morgan fingerprint density at radius 2 is 1.78 bits per heavy atom. The molecule has 3 N–H and O–H groups in total. The van der Waals surface area contributed by atoms with Crippen molar-refractivity contribution in [3.05, 3.63) is 68.3 Å². The fourth-order valence-corrected chi connectivity index (χ4v) is 11.7. The average Bonchev–Trinajstić information content (AvgIpc) is 3.58. The maximum Gasteiger partial charge on any atom is 0.331 e. The quantitative estimate of drug-likeness (QED) is 0.327. The number of esters is 1. The number of ether oxygens (including phenoxy) is 5. The number of phenolic OH excluding ortho intramolecular Hbond substituents is 2. The van der Waals surface area contributed by atoms with Crippen molar-refractivity contribution in [2.24, 2.45) is 0 Å². The number of methoxy groups -OCH3 is 2. The molecule has 6 atom stereocenters. The van der Waals surface area contributed by atoms with E-state index in [1.165, 1.54) is 12.7 Å². The van der Waals surface area contributed by atoms with Gasteiger partial charge in [0, 0.05) is 47.3 Å². The summed E-state index contributed by atoms with van der Waals surface area (Å²) in [6.07, 6.45) is 1.44. The van der Waals surface area contributed by atoms with E-state index in [0.29, 0.717) is 30.2 Å². The Morgan fingerprint density at radius 1 is 0.980 bits per heavy atom. The van der Waals surface area contributed by atoms with Crippen LogP contribution in [0.25, 0.3) is 0 Å². The lowest BCUT2D eigenvalue weighted by Gasteiger charge is -2.60. The predicted molar refractivity (Wildman–Crippen MR) is 187 cm³/mol. The minimum Gasteiger partial charge on any atom is -0.504 e. The highest BCUT2D eigenvalue weighted by molar-refractivity contribution is 7.99. The Bertz CT molecular complexity index is 1970. The number of aromatic hydroxyl groups is 2. The second-order valence-corrected chi connectivity index (χ2v) is 15.7. The number of hydrogen-bond acceptors (Lipinski definition) is 12. The SMILES string of the molecule is COc1cc2c(cc1O)CCN[C@]21CSC2c3c(C)c(C)c4c(c3C(COC1=O)N1CC3Cc5cc(C)c(OC)c(O)c5C(C21)N3C)OCO4. The van der Waals surface area contributed by atoms with E-state index in [2.05, 4.69) is 42.1 Å². The number of rotatable bonds is 2. The monoisotopic (exact) mass is 701 g/mol. The van der Waals surface area contributed by atoms with Crippen LogP contribution >= 0.6 is 11.8 Å². The number of aryl methyl sites for hydroxylation is 1. The lowest BCUT2D eigenvalue weighted by Crippen LogP contribution is -2.65. The summed E-state index contributed by atoms with van der Waals surface area (Å²) in [5.41, 5.74) is 7.90. The van der Waals surface area contributed by atoms with Gasteiger partial charge in [-0.05, 0) is 91.7 Å². The molecule has 2 saturated heterocycles. The largest absolute Gasteiger partial charge is 0.504 e. The molecule has 264 valence electrons. The number of fused-ring (bicyclic) bond motifs is 9. The molecule has 11 nitrogen and oxygen atoms in total. The number of phenols is 2. The maximum atomic E-state index is 14.6. The van der Waals surface area contributed by atoms with Gasteiger partial charge in [-0.15, -0.1) is 11.8 Å². The van der Waals surface area contributed by atoms with Gasteiger partial charge in [0.2, 0.25) is 6.79 Å². The average molecular weight is 702 g/mol. The lowest BCUT2D eigenvalue weighted by molar-refractivity contribution is -0.156. The van der Waals surface area contributed by atoms with E-state index in [4.69, 9.17) is 23.7 Å². The molecular weight excluding hydrogens is 658 g/mol. The molecule has 3 aromatic carbocycles. The van der Waals surface area contributed by atoms with Crippen LogP contribution in [0.15, 0.2) is 18.2 Å². The first-order valence-electron chi connectivity index (χ1n) is 17.3. The molecular formula is C38H43N3O8S. The molecule has 50 heavy (non-hydrogen) atoms. The van der Waals surface area contributed by atoms with Gasteiger partial charge >= 0.3 is 5.97 Å². The summed E-state index contributed by atoms with van der Waals surface area (Å²) in [4.78, 5) is 19.6. The topological polar surface area (TPSA) is 122 Å². The van der Waals surface area contributed by atoms with Crippen LogP contribution in [-0.2, 0) is 27.9 Å². The zero-order valence-corrected chi connectivity index (χ0v) is 30.0. The highest BCUT2D eigenvalue weighted by Crippen LogP contribution is 2.62. The minimum absolute atomic E-state index is 0.0521. The number of nitrogens with zero attached hydrogens (tertiary/aromatic N) is 2. The van der Waals surface area contributed by atoms with Crippen LogP contribution in [0.4, 0.5) is 0 Å². The van der Waals surface area contributed by atoms with Gasteiger partial charge < -0.3 is 33.9 Å². The van der Waals surface area contributed by atoms with Gasteiger partial charge in [-0.1, -0.05) is 6.07 Å². The molecule has 7 aliphatic heterocycles. The van der Waals surface area contributed by atoms with Gasteiger partial charge in [0.25, 0.3) is 0 Å². The standard InChI is InChI=1S/C38H43N3O8S/c1-17-9-21-10-22-13-41-24-14-47-37(44)38(23-12-26(45-5)25(42)11-20(23)7-8-39-38)15-50-36(27-18(2)19(3)34-35(29(24)27)49-16-48-34)31(41)30(40(22)4)28(21)32(43)33(17)46-6/h9,11-12,22,24,30-31,36,39,42-43H,7-8,10,13-16H2,1-6H3/t22?,24?,30?,31?,36?,38-/m1/s1. The summed E-state index contributed by atoms with van der Waals surface area (Å²) < 4.78 is 30.1. The molecule has 0 amide bonds. The van der Waals surface area contributed by atoms with Gasteiger partial charge in [-0.2, -0.15) is 0 Å². The fraction of sp³-hybridized carbons (Fsp3) is 0.500. The molecule has 12 heteroatoms. The van der Waals surface area contributed by atoms with Gasteiger partial charge in [0.15, 0.2) is 40.0 Å². The number of likely N-dealkylation sites (N-methyl/N-ethyl adjacent to an activating group) is 1. The van der Waals surface area contributed by atoms with E-state index in [1.807, 2.05) is 6.92 Å². The maximum absolute atomic E-state index is 14.6. The molecule has 4 bridgehead atoms. The number of hydrogen-bond donors (Lipinski definition) is 3. The molecule has 5 unspecified atom stereocenters. The Kier molecular flexibility index (Phi) is 7.27. The molecule has 0 radical (unpaired) electrons.